The van der Waals surface area contributed by atoms with Crippen LogP contribution < -0.4 is 5.32 Å². The van der Waals surface area contributed by atoms with E-state index in [0.29, 0.717) is 11.3 Å². The van der Waals surface area contributed by atoms with Crippen molar-refractivity contribution >= 4 is 27.6 Å². The number of carbonyl (C=O) groups is 1. The van der Waals surface area contributed by atoms with Gasteiger partial charge in [-0.25, -0.2) is 4.79 Å². The van der Waals surface area contributed by atoms with Crippen LogP contribution in [0.3, 0.4) is 0 Å². The van der Waals surface area contributed by atoms with E-state index in [1.807, 2.05) is 19.9 Å². The fourth-order valence-corrected chi connectivity index (χ4v) is 1.78. The number of rotatable bonds is 4. The van der Waals surface area contributed by atoms with Gasteiger partial charge in [-0.05, 0) is 24.1 Å². The maximum Gasteiger partial charge on any atom is 0.326 e. The normalized spacial score (nSPS) is 11.9. The Kier molecular flexibility index (Phi) is 4.53. The van der Waals surface area contributed by atoms with Crippen molar-refractivity contribution in [2.45, 2.75) is 19.9 Å². The third kappa shape index (κ3) is 3.46. The van der Waals surface area contributed by atoms with E-state index in [4.69, 9.17) is 10.4 Å². The summed E-state index contributed by atoms with van der Waals surface area (Å²) >= 11 is 3.29. The number of hydrogen-bond acceptors (Lipinski definition) is 3. The molecule has 1 rings (SSSR count). The average molecular weight is 297 g/mol. The van der Waals surface area contributed by atoms with Crippen molar-refractivity contribution in [2.75, 3.05) is 5.32 Å². The Hall–Kier alpha value is -1.54. The summed E-state index contributed by atoms with van der Waals surface area (Å²) in [5.74, 6) is -0.998. The number of nitriles is 1. The van der Waals surface area contributed by atoms with Gasteiger partial charge in [0.1, 0.15) is 12.1 Å². The predicted octanol–water partition coefficient (Wildman–Crippen LogP) is 2.84. The van der Waals surface area contributed by atoms with E-state index in [1.54, 1.807) is 18.2 Å². The fraction of sp³-hybridized carbons (Fsp3) is 0.333. The summed E-state index contributed by atoms with van der Waals surface area (Å²) in [4.78, 5) is 11.1. The Morgan fingerprint density at radius 3 is 2.65 bits per heavy atom. The van der Waals surface area contributed by atoms with E-state index < -0.39 is 12.0 Å². The summed E-state index contributed by atoms with van der Waals surface area (Å²) in [7, 11) is 0. The van der Waals surface area contributed by atoms with Gasteiger partial charge in [0.2, 0.25) is 0 Å². The Morgan fingerprint density at radius 1 is 1.53 bits per heavy atom. The average Bonchev–Trinajstić information content (AvgIpc) is 2.25. The summed E-state index contributed by atoms with van der Waals surface area (Å²) < 4.78 is 0.798. The Morgan fingerprint density at radius 2 is 2.18 bits per heavy atom. The van der Waals surface area contributed by atoms with Crippen molar-refractivity contribution < 1.29 is 9.90 Å². The molecule has 0 bridgehead atoms. The first-order valence-electron chi connectivity index (χ1n) is 5.14. The topological polar surface area (TPSA) is 73.1 Å². The van der Waals surface area contributed by atoms with Crippen LogP contribution >= 0.6 is 15.9 Å². The summed E-state index contributed by atoms with van der Waals surface area (Å²) in [5, 5.41) is 20.9. The number of nitrogens with zero attached hydrogens (tertiary/aromatic N) is 1. The van der Waals surface area contributed by atoms with Gasteiger partial charge in [0.05, 0.1) is 11.3 Å². The van der Waals surface area contributed by atoms with Gasteiger partial charge < -0.3 is 10.4 Å². The standard InChI is InChI=1S/C12H13BrN2O2/c1-7(2)11(12(16)17)15-10-5-9(13)4-3-8(10)6-14/h3-5,7,11,15H,1-2H3,(H,16,17). The van der Waals surface area contributed by atoms with E-state index in [0.717, 1.165) is 4.47 Å². The number of halogens is 1. The number of nitrogens with one attached hydrogen (secondary N) is 1. The van der Waals surface area contributed by atoms with Gasteiger partial charge in [-0.2, -0.15) is 5.26 Å². The smallest absolute Gasteiger partial charge is 0.326 e. The lowest BCUT2D eigenvalue weighted by Crippen LogP contribution is -2.34. The zero-order chi connectivity index (χ0) is 13.0. The number of aliphatic carboxylic acids is 1. The molecule has 0 fully saturated rings. The predicted molar refractivity (Wildman–Crippen MR) is 68.7 cm³/mol. The maximum atomic E-state index is 11.1. The molecule has 0 spiro atoms. The fourth-order valence-electron chi connectivity index (χ4n) is 1.41. The molecule has 0 heterocycles. The summed E-state index contributed by atoms with van der Waals surface area (Å²) in [6.45, 7) is 3.63. The van der Waals surface area contributed by atoms with Crippen molar-refractivity contribution in [1.29, 1.82) is 5.26 Å². The monoisotopic (exact) mass is 296 g/mol. The molecular formula is C12H13BrN2O2. The van der Waals surface area contributed by atoms with Crippen molar-refractivity contribution in [3.05, 3.63) is 28.2 Å². The quantitative estimate of drug-likeness (QED) is 0.896. The number of anilines is 1. The highest BCUT2D eigenvalue weighted by Gasteiger charge is 2.22. The highest BCUT2D eigenvalue weighted by atomic mass is 79.9. The van der Waals surface area contributed by atoms with E-state index in [-0.39, 0.29) is 5.92 Å². The molecule has 0 saturated heterocycles. The zero-order valence-corrected chi connectivity index (χ0v) is 11.2. The van der Waals surface area contributed by atoms with E-state index in [1.165, 1.54) is 0 Å². The minimum absolute atomic E-state index is 0.0713. The molecule has 17 heavy (non-hydrogen) atoms. The van der Waals surface area contributed by atoms with Crippen LogP contribution in [0.2, 0.25) is 0 Å². The Balaban J connectivity index is 3.05. The van der Waals surface area contributed by atoms with E-state index >= 15 is 0 Å². The first-order valence-corrected chi connectivity index (χ1v) is 5.94. The second kappa shape index (κ2) is 5.69. The Labute approximate surface area is 108 Å². The van der Waals surface area contributed by atoms with Gasteiger partial charge in [0, 0.05) is 4.47 Å². The summed E-state index contributed by atoms with van der Waals surface area (Å²) in [5.41, 5.74) is 0.961. The number of benzene rings is 1. The second-order valence-electron chi connectivity index (χ2n) is 4.01. The van der Waals surface area contributed by atoms with Crippen LogP contribution in [0, 0.1) is 17.2 Å². The molecule has 0 saturated carbocycles. The van der Waals surface area contributed by atoms with E-state index in [9.17, 15) is 4.79 Å². The number of carboxylic acid groups (broad SMARTS) is 1. The molecule has 2 N–H and O–H groups in total. The molecule has 90 valence electrons. The summed E-state index contributed by atoms with van der Waals surface area (Å²) in [6, 6.07) is 6.41. The minimum Gasteiger partial charge on any atom is -0.480 e. The van der Waals surface area contributed by atoms with Crippen LogP contribution in [0.5, 0.6) is 0 Å². The molecule has 4 nitrogen and oxygen atoms in total. The van der Waals surface area contributed by atoms with Crippen LogP contribution in [-0.2, 0) is 4.79 Å². The SMILES string of the molecule is CC(C)C(Nc1cc(Br)ccc1C#N)C(=O)O. The van der Waals surface area contributed by atoms with Gasteiger partial charge in [-0.3, -0.25) is 0 Å². The summed E-state index contributed by atoms with van der Waals surface area (Å²) in [6.07, 6.45) is 0. The molecule has 1 atom stereocenters. The number of hydrogen-bond donors (Lipinski definition) is 2. The molecule has 1 aromatic rings. The molecule has 0 radical (unpaired) electrons. The lowest BCUT2D eigenvalue weighted by Gasteiger charge is -2.20. The van der Waals surface area contributed by atoms with Gasteiger partial charge in [0.25, 0.3) is 0 Å². The van der Waals surface area contributed by atoms with E-state index in [2.05, 4.69) is 21.2 Å². The second-order valence-corrected chi connectivity index (χ2v) is 4.92. The zero-order valence-electron chi connectivity index (χ0n) is 9.57. The Bertz CT molecular complexity index is 466. The molecule has 0 aliphatic rings. The highest BCUT2D eigenvalue weighted by molar-refractivity contribution is 9.10. The third-order valence-corrected chi connectivity index (χ3v) is 2.84. The van der Waals surface area contributed by atoms with Crippen LogP contribution in [0.15, 0.2) is 22.7 Å². The number of carboxylic acids is 1. The van der Waals surface area contributed by atoms with Crippen molar-refractivity contribution in [3.63, 3.8) is 0 Å². The molecule has 0 amide bonds. The van der Waals surface area contributed by atoms with Gasteiger partial charge in [0.15, 0.2) is 0 Å². The third-order valence-electron chi connectivity index (χ3n) is 2.35. The lowest BCUT2D eigenvalue weighted by molar-refractivity contribution is -0.138. The lowest BCUT2D eigenvalue weighted by atomic mass is 10.0. The first kappa shape index (κ1) is 13.5. The highest BCUT2D eigenvalue weighted by Crippen LogP contribution is 2.22. The van der Waals surface area contributed by atoms with Crippen LogP contribution in [0.4, 0.5) is 5.69 Å². The molecular weight excluding hydrogens is 284 g/mol. The van der Waals surface area contributed by atoms with Crippen LogP contribution in [0.1, 0.15) is 19.4 Å². The maximum absolute atomic E-state index is 11.1. The molecule has 1 aromatic carbocycles. The van der Waals surface area contributed by atoms with Crippen LogP contribution in [-0.4, -0.2) is 17.1 Å². The van der Waals surface area contributed by atoms with Gasteiger partial charge in [-0.15, -0.1) is 0 Å². The first-order chi connectivity index (χ1) is 7.95. The minimum atomic E-state index is -0.927. The molecule has 1 unspecified atom stereocenters. The molecule has 0 aliphatic carbocycles. The largest absolute Gasteiger partial charge is 0.480 e. The molecule has 0 aromatic heterocycles. The molecule has 5 heteroatoms. The molecule has 0 aliphatic heterocycles. The van der Waals surface area contributed by atoms with Crippen molar-refractivity contribution in [3.8, 4) is 6.07 Å². The van der Waals surface area contributed by atoms with Crippen molar-refractivity contribution in [2.24, 2.45) is 5.92 Å². The van der Waals surface area contributed by atoms with Crippen molar-refractivity contribution in [1.82, 2.24) is 0 Å². The van der Waals surface area contributed by atoms with Gasteiger partial charge in [-0.1, -0.05) is 29.8 Å². The van der Waals surface area contributed by atoms with Crippen LogP contribution in [0.25, 0.3) is 0 Å². The van der Waals surface area contributed by atoms with Gasteiger partial charge >= 0.3 is 5.97 Å².